The predicted octanol–water partition coefficient (Wildman–Crippen LogP) is 3.14. The molecule has 1 fully saturated rings. The summed E-state index contributed by atoms with van der Waals surface area (Å²) in [7, 11) is 0. The zero-order valence-electron chi connectivity index (χ0n) is 14.0. The van der Waals surface area contributed by atoms with Gasteiger partial charge in [0.1, 0.15) is 5.60 Å². The highest BCUT2D eigenvalue weighted by atomic mass is 19.1. The summed E-state index contributed by atoms with van der Waals surface area (Å²) in [4.78, 5) is 24.8. The highest BCUT2D eigenvalue weighted by Crippen LogP contribution is 2.25. The number of piperidine rings is 1. The van der Waals surface area contributed by atoms with Crippen LogP contribution in [0.2, 0.25) is 0 Å². The van der Waals surface area contributed by atoms with Crippen LogP contribution in [0, 0.1) is 0 Å². The number of esters is 1. The molecule has 1 aliphatic rings. The van der Waals surface area contributed by atoms with Crippen molar-refractivity contribution in [3.05, 3.63) is 35.4 Å². The molecule has 23 heavy (non-hydrogen) atoms. The highest BCUT2D eigenvalue weighted by molar-refractivity contribution is 5.89. The maximum absolute atomic E-state index is 13.8. The average molecular weight is 321 g/mol. The molecule has 0 bridgehead atoms. The number of aldehydes is 1. The number of hydrogen-bond donors (Lipinski definition) is 0. The van der Waals surface area contributed by atoms with Crippen molar-refractivity contribution in [1.82, 2.24) is 4.90 Å². The molecule has 0 unspecified atom stereocenters. The Morgan fingerprint density at radius 2 is 1.83 bits per heavy atom. The molecule has 0 radical (unpaired) electrons. The molecule has 0 aliphatic carbocycles. The van der Waals surface area contributed by atoms with E-state index in [0.29, 0.717) is 31.5 Å². The van der Waals surface area contributed by atoms with Crippen LogP contribution in [-0.4, -0.2) is 41.5 Å². The summed E-state index contributed by atoms with van der Waals surface area (Å²) in [6.07, 6.45) is 0.916. The third-order valence-corrected chi connectivity index (χ3v) is 3.89. The van der Waals surface area contributed by atoms with Crippen molar-refractivity contribution in [3.8, 4) is 0 Å². The van der Waals surface area contributed by atoms with Crippen LogP contribution in [0.5, 0.6) is 0 Å². The minimum atomic E-state index is -1.66. The van der Waals surface area contributed by atoms with Crippen LogP contribution in [-0.2, 0) is 16.1 Å². The SMILES string of the molecule is CC(C)(C)OC(=O)c1ccc(CN2CCC(F)(C=O)CC2)cc1. The van der Waals surface area contributed by atoms with Gasteiger partial charge in [0, 0.05) is 32.5 Å². The summed E-state index contributed by atoms with van der Waals surface area (Å²) in [6.45, 7) is 7.30. The first kappa shape index (κ1) is 17.6. The number of halogens is 1. The minimum absolute atomic E-state index is 0.243. The molecule has 4 nitrogen and oxygen atoms in total. The number of rotatable bonds is 4. The van der Waals surface area contributed by atoms with E-state index < -0.39 is 11.3 Å². The summed E-state index contributed by atoms with van der Waals surface area (Å²) < 4.78 is 19.2. The number of carbonyl (C=O) groups excluding carboxylic acids is 2. The van der Waals surface area contributed by atoms with Gasteiger partial charge in [-0.3, -0.25) is 9.69 Å². The second-order valence-electron chi connectivity index (χ2n) is 7.13. The molecule has 0 spiro atoms. The number of carbonyl (C=O) groups is 2. The largest absolute Gasteiger partial charge is 0.456 e. The lowest BCUT2D eigenvalue weighted by Crippen LogP contribution is -2.42. The minimum Gasteiger partial charge on any atom is -0.456 e. The van der Waals surface area contributed by atoms with Gasteiger partial charge < -0.3 is 4.74 Å². The molecule has 0 aromatic heterocycles. The first-order valence-corrected chi connectivity index (χ1v) is 7.91. The summed E-state index contributed by atoms with van der Waals surface area (Å²) in [5.41, 5.74) is -0.598. The van der Waals surface area contributed by atoms with Crippen LogP contribution in [0.3, 0.4) is 0 Å². The molecule has 0 saturated carbocycles. The molecule has 1 aromatic rings. The van der Waals surface area contributed by atoms with E-state index in [4.69, 9.17) is 4.74 Å². The summed E-state index contributed by atoms with van der Waals surface area (Å²) >= 11 is 0. The van der Waals surface area contributed by atoms with Crippen LogP contribution >= 0.6 is 0 Å². The molecule has 0 N–H and O–H groups in total. The molecule has 0 atom stereocenters. The van der Waals surface area contributed by atoms with Gasteiger partial charge in [-0.1, -0.05) is 12.1 Å². The Morgan fingerprint density at radius 3 is 2.30 bits per heavy atom. The highest BCUT2D eigenvalue weighted by Gasteiger charge is 2.33. The van der Waals surface area contributed by atoms with Gasteiger partial charge in [0.2, 0.25) is 0 Å². The standard InChI is InChI=1S/C18H24FNO3/c1-17(2,3)23-16(22)15-6-4-14(5-7-15)12-20-10-8-18(19,13-21)9-11-20/h4-7,13H,8-12H2,1-3H3. The van der Waals surface area contributed by atoms with Gasteiger partial charge in [-0.25, -0.2) is 9.18 Å². The van der Waals surface area contributed by atoms with Crippen molar-refractivity contribution in [2.45, 2.75) is 51.4 Å². The summed E-state index contributed by atoms with van der Waals surface area (Å²) in [5.74, 6) is -0.338. The lowest BCUT2D eigenvalue weighted by Gasteiger charge is -2.33. The number of ether oxygens (including phenoxy) is 1. The van der Waals surface area contributed by atoms with E-state index in [1.54, 1.807) is 12.1 Å². The smallest absolute Gasteiger partial charge is 0.338 e. The van der Waals surface area contributed by atoms with E-state index in [1.165, 1.54) is 0 Å². The van der Waals surface area contributed by atoms with Crippen molar-refractivity contribution < 1.29 is 18.7 Å². The van der Waals surface area contributed by atoms with Crippen molar-refractivity contribution in [1.29, 1.82) is 0 Å². The quantitative estimate of drug-likeness (QED) is 0.631. The molecule has 1 aliphatic heterocycles. The van der Waals surface area contributed by atoms with Crippen LogP contribution in [0.4, 0.5) is 4.39 Å². The van der Waals surface area contributed by atoms with Crippen molar-refractivity contribution in [3.63, 3.8) is 0 Å². The van der Waals surface area contributed by atoms with Gasteiger partial charge in [-0.2, -0.15) is 0 Å². The fourth-order valence-corrected chi connectivity index (χ4v) is 2.54. The van der Waals surface area contributed by atoms with Crippen molar-refractivity contribution in [2.75, 3.05) is 13.1 Å². The summed E-state index contributed by atoms with van der Waals surface area (Å²) in [6, 6.07) is 7.27. The lowest BCUT2D eigenvalue weighted by atomic mass is 9.95. The Morgan fingerprint density at radius 1 is 1.26 bits per heavy atom. The van der Waals surface area contributed by atoms with Crippen molar-refractivity contribution >= 4 is 12.3 Å². The first-order chi connectivity index (χ1) is 10.7. The van der Waals surface area contributed by atoms with Gasteiger partial charge in [0.05, 0.1) is 5.56 Å². The maximum atomic E-state index is 13.8. The summed E-state index contributed by atoms with van der Waals surface area (Å²) in [5, 5.41) is 0. The fraction of sp³-hybridized carbons (Fsp3) is 0.556. The molecule has 1 heterocycles. The topological polar surface area (TPSA) is 46.6 Å². The Labute approximate surface area is 136 Å². The maximum Gasteiger partial charge on any atom is 0.338 e. The molecular formula is C18H24FNO3. The first-order valence-electron chi connectivity index (χ1n) is 7.91. The molecule has 0 amide bonds. The Balaban J connectivity index is 1.91. The van der Waals surface area contributed by atoms with Crippen LogP contribution in [0.15, 0.2) is 24.3 Å². The van der Waals surface area contributed by atoms with Gasteiger partial charge >= 0.3 is 5.97 Å². The molecule has 2 rings (SSSR count). The predicted molar refractivity (Wildman–Crippen MR) is 86.0 cm³/mol. The normalized spacial score (nSPS) is 18.4. The van der Waals surface area contributed by atoms with E-state index in [0.717, 1.165) is 5.56 Å². The van der Waals surface area contributed by atoms with Crippen LogP contribution < -0.4 is 0 Å². The Bertz CT molecular complexity index is 555. The second-order valence-corrected chi connectivity index (χ2v) is 7.13. The third-order valence-electron chi connectivity index (χ3n) is 3.89. The molecule has 1 saturated heterocycles. The molecule has 1 aromatic carbocycles. The van der Waals surface area contributed by atoms with E-state index in [-0.39, 0.29) is 18.8 Å². The lowest BCUT2D eigenvalue weighted by molar-refractivity contribution is -0.120. The van der Waals surface area contributed by atoms with Gasteiger partial charge in [0.25, 0.3) is 0 Å². The Kier molecular flexibility index (Phi) is 5.19. The Hall–Kier alpha value is -1.75. The second kappa shape index (κ2) is 6.79. The fourth-order valence-electron chi connectivity index (χ4n) is 2.54. The van der Waals surface area contributed by atoms with Crippen molar-refractivity contribution in [2.24, 2.45) is 0 Å². The number of benzene rings is 1. The molecular weight excluding hydrogens is 297 g/mol. The van der Waals surface area contributed by atoms with Crippen LogP contribution in [0.1, 0.15) is 49.5 Å². The van der Waals surface area contributed by atoms with E-state index in [2.05, 4.69) is 4.90 Å². The van der Waals surface area contributed by atoms with Gasteiger partial charge in [0.15, 0.2) is 12.0 Å². The van der Waals surface area contributed by atoms with Crippen LogP contribution in [0.25, 0.3) is 0 Å². The zero-order valence-corrected chi connectivity index (χ0v) is 14.0. The third kappa shape index (κ3) is 5.13. The average Bonchev–Trinajstić information content (AvgIpc) is 2.49. The number of likely N-dealkylation sites (tertiary alicyclic amines) is 1. The van der Waals surface area contributed by atoms with E-state index >= 15 is 0 Å². The van der Waals surface area contributed by atoms with E-state index in [1.807, 2.05) is 32.9 Å². The monoisotopic (exact) mass is 321 g/mol. The molecule has 126 valence electrons. The van der Waals surface area contributed by atoms with Gasteiger partial charge in [-0.15, -0.1) is 0 Å². The van der Waals surface area contributed by atoms with E-state index in [9.17, 15) is 14.0 Å². The number of hydrogen-bond acceptors (Lipinski definition) is 4. The number of alkyl halides is 1. The number of nitrogens with zero attached hydrogens (tertiary/aromatic N) is 1. The molecule has 5 heteroatoms. The zero-order chi connectivity index (χ0) is 17.1. The van der Waals surface area contributed by atoms with Gasteiger partial charge in [-0.05, 0) is 38.5 Å².